The summed E-state index contributed by atoms with van der Waals surface area (Å²) in [5, 5.41) is 4.89. The molecule has 0 aliphatic carbocycles. The van der Waals surface area contributed by atoms with Crippen molar-refractivity contribution in [1.82, 2.24) is 9.66 Å². The highest BCUT2D eigenvalue weighted by Crippen LogP contribution is 2.27. The highest BCUT2D eigenvalue weighted by Gasteiger charge is 2.11. The van der Waals surface area contributed by atoms with Crippen molar-refractivity contribution >= 4 is 27.8 Å². The van der Waals surface area contributed by atoms with Crippen LogP contribution in [0, 0.1) is 13.8 Å². The molecule has 6 nitrogen and oxygen atoms in total. The number of hydrogen-bond acceptors (Lipinski definition) is 6. The van der Waals surface area contributed by atoms with E-state index in [0.29, 0.717) is 23.5 Å². The van der Waals surface area contributed by atoms with Crippen molar-refractivity contribution in [3.05, 3.63) is 50.9 Å². The van der Waals surface area contributed by atoms with Crippen molar-refractivity contribution in [1.29, 1.82) is 0 Å². The fraction of sp³-hybridized carbons (Fsp3) is 0.278. The van der Waals surface area contributed by atoms with Gasteiger partial charge in [0.15, 0.2) is 11.5 Å². The third-order valence-corrected chi connectivity index (χ3v) is 5.01. The van der Waals surface area contributed by atoms with E-state index in [2.05, 4.69) is 10.1 Å². The van der Waals surface area contributed by atoms with E-state index in [9.17, 15) is 4.79 Å². The van der Waals surface area contributed by atoms with Crippen LogP contribution in [0.3, 0.4) is 0 Å². The van der Waals surface area contributed by atoms with Gasteiger partial charge in [0.2, 0.25) is 0 Å². The van der Waals surface area contributed by atoms with E-state index in [4.69, 9.17) is 9.47 Å². The summed E-state index contributed by atoms with van der Waals surface area (Å²) in [4.78, 5) is 18.8. The summed E-state index contributed by atoms with van der Waals surface area (Å²) >= 11 is 1.52. The van der Waals surface area contributed by atoms with Crippen molar-refractivity contribution in [2.45, 2.75) is 20.8 Å². The molecule has 0 aliphatic rings. The van der Waals surface area contributed by atoms with Crippen LogP contribution in [0.25, 0.3) is 10.2 Å². The molecular formula is C18H19N3O3S. The average Bonchev–Trinajstić information content (AvgIpc) is 2.90. The highest BCUT2D eigenvalue weighted by atomic mass is 32.1. The summed E-state index contributed by atoms with van der Waals surface area (Å²) in [6.07, 6.45) is 3.05. The van der Waals surface area contributed by atoms with Crippen LogP contribution in [0.15, 0.2) is 34.4 Å². The fourth-order valence-electron chi connectivity index (χ4n) is 2.48. The summed E-state index contributed by atoms with van der Waals surface area (Å²) in [6.45, 7) is 6.37. The van der Waals surface area contributed by atoms with Crippen molar-refractivity contribution in [2.24, 2.45) is 5.10 Å². The van der Waals surface area contributed by atoms with Crippen molar-refractivity contribution < 1.29 is 9.47 Å². The van der Waals surface area contributed by atoms with Gasteiger partial charge in [-0.2, -0.15) is 9.78 Å². The lowest BCUT2D eigenvalue weighted by atomic mass is 10.2. The first-order valence-corrected chi connectivity index (χ1v) is 8.69. The molecule has 0 amide bonds. The number of fused-ring (bicyclic) bond motifs is 1. The maximum absolute atomic E-state index is 12.6. The van der Waals surface area contributed by atoms with Gasteiger partial charge >= 0.3 is 0 Å². The van der Waals surface area contributed by atoms with Gasteiger partial charge in [0.1, 0.15) is 11.2 Å². The van der Waals surface area contributed by atoms with Crippen LogP contribution in [0.1, 0.15) is 22.9 Å². The number of rotatable bonds is 5. The Labute approximate surface area is 149 Å². The zero-order valence-corrected chi connectivity index (χ0v) is 15.4. The minimum Gasteiger partial charge on any atom is -0.493 e. The number of ether oxygens (including phenoxy) is 2. The van der Waals surface area contributed by atoms with Crippen LogP contribution in [0.4, 0.5) is 0 Å². The summed E-state index contributed by atoms with van der Waals surface area (Å²) in [5.41, 5.74) is 1.60. The van der Waals surface area contributed by atoms with Crippen LogP contribution in [-0.2, 0) is 0 Å². The van der Waals surface area contributed by atoms with Gasteiger partial charge in [-0.05, 0) is 50.1 Å². The van der Waals surface area contributed by atoms with Crippen molar-refractivity contribution in [3.8, 4) is 11.5 Å². The Balaban J connectivity index is 1.98. The first kappa shape index (κ1) is 17.2. The minimum absolute atomic E-state index is 0.165. The molecule has 0 saturated heterocycles. The number of aromatic nitrogens is 2. The Bertz CT molecular complexity index is 1000. The van der Waals surface area contributed by atoms with Crippen LogP contribution in [0.2, 0.25) is 0 Å². The van der Waals surface area contributed by atoms with E-state index in [1.54, 1.807) is 13.3 Å². The van der Waals surface area contributed by atoms with Gasteiger partial charge in [0.05, 0.1) is 25.3 Å². The molecule has 3 rings (SSSR count). The second kappa shape index (κ2) is 7.06. The summed E-state index contributed by atoms with van der Waals surface area (Å²) in [7, 11) is 1.59. The third kappa shape index (κ3) is 3.28. The molecule has 7 heteroatoms. The van der Waals surface area contributed by atoms with Crippen LogP contribution in [-0.4, -0.2) is 29.6 Å². The molecule has 130 valence electrons. The summed E-state index contributed by atoms with van der Waals surface area (Å²) in [6, 6.07) is 5.48. The lowest BCUT2D eigenvalue weighted by Crippen LogP contribution is -2.16. The molecule has 3 aromatic rings. The summed E-state index contributed by atoms with van der Waals surface area (Å²) in [5.74, 6) is 1.29. The Hall–Kier alpha value is -2.67. The molecule has 2 heterocycles. The summed E-state index contributed by atoms with van der Waals surface area (Å²) < 4.78 is 12.1. The zero-order chi connectivity index (χ0) is 18.0. The molecule has 0 aliphatic heterocycles. The molecule has 0 fully saturated rings. The second-order valence-corrected chi connectivity index (χ2v) is 6.65. The lowest BCUT2D eigenvalue weighted by Gasteiger charge is -2.09. The number of hydrogen-bond donors (Lipinski definition) is 0. The lowest BCUT2D eigenvalue weighted by molar-refractivity contribution is 0.311. The molecule has 0 N–H and O–H groups in total. The maximum atomic E-state index is 12.6. The molecule has 25 heavy (non-hydrogen) atoms. The van der Waals surface area contributed by atoms with Gasteiger partial charge in [0, 0.05) is 4.88 Å². The molecule has 0 saturated carbocycles. The smallest absolute Gasteiger partial charge is 0.282 e. The van der Waals surface area contributed by atoms with Crippen molar-refractivity contribution in [3.63, 3.8) is 0 Å². The van der Waals surface area contributed by atoms with Gasteiger partial charge < -0.3 is 9.47 Å². The maximum Gasteiger partial charge on any atom is 0.282 e. The molecule has 0 radical (unpaired) electrons. The SMILES string of the molecule is CCOc1cc(/C=N/n2cnc3sc(C)c(C)c3c2=O)ccc1OC. The molecule has 0 bridgehead atoms. The first-order chi connectivity index (χ1) is 12.0. The standard InChI is InChI=1S/C18H19N3O3S/c1-5-24-15-8-13(6-7-14(15)23-4)9-20-21-10-19-17-16(18(21)22)11(2)12(3)25-17/h6-10H,5H2,1-4H3/b20-9+. The first-order valence-electron chi connectivity index (χ1n) is 7.87. The average molecular weight is 357 g/mol. The number of nitrogens with zero attached hydrogens (tertiary/aromatic N) is 3. The highest BCUT2D eigenvalue weighted by molar-refractivity contribution is 7.18. The Morgan fingerprint density at radius 2 is 2.12 bits per heavy atom. The van der Waals surface area contributed by atoms with Crippen LogP contribution < -0.4 is 15.0 Å². The monoisotopic (exact) mass is 357 g/mol. The van der Waals surface area contributed by atoms with E-state index in [1.807, 2.05) is 39.0 Å². The minimum atomic E-state index is -0.165. The zero-order valence-electron chi connectivity index (χ0n) is 14.6. The Kier molecular flexibility index (Phi) is 4.85. The molecule has 0 unspecified atom stereocenters. The van der Waals surface area contributed by atoms with E-state index in [-0.39, 0.29) is 5.56 Å². The number of methoxy groups -OCH3 is 1. The molecule has 0 spiro atoms. The number of aryl methyl sites for hydroxylation is 2. The van der Waals surface area contributed by atoms with Crippen molar-refractivity contribution in [2.75, 3.05) is 13.7 Å². The molecule has 1 aromatic carbocycles. The van der Waals surface area contributed by atoms with Crippen LogP contribution in [0.5, 0.6) is 11.5 Å². The van der Waals surface area contributed by atoms with E-state index >= 15 is 0 Å². The van der Waals surface area contributed by atoms with Gasteiger partial charge in [0.25, 0.3) is 5.56 Å². The molecule has 2 aromatic heterocycles. The topological polar surface area (TPSA) is 65.7 Å². The van der Waals surface area contributed by atoms with E-state index in [0.717, 1.165) is 20.8 Å². The quantitative estimate of drug-likeness (QED) is 0.657. The molecule has 0 atom stereocenters. The van der Waals surface area contributed by atoms with E-state index in [1.165, 1.54) is 22.3 Å². The third-order valence-electron chi connectivity index (χ3n) is 3.89. The number of thiophene rings is 1. The normalized spacial score (nSPS) is 11.4. The predicted molar refractivity (Wildman–Crippen MR) is 101 cm³/mol. The largest absolute Gasteiger partial charge is 0.493 e. The Morgan fingerprint density at radius 1 is 1.32 bits per heavy atom. The predicted octanol–water partition coefficient (Wildman–Crippen LogP) is 3.36. The molecular weight excluding hydrogens is 338 g/mol. The second-order valence-electron chi connectivity index (χ2n) is 5.45. The van der Waals surface area contributed by atoms with Gasteiger partial charge in [-0.25, -0.2) is 4.98 Å². The fourth-order valence-corrected chi connectivity index (χ4v) is 3.47. The van der Waals surface area contributed by atoms with Gasteiger partial charge in [-0.15, -0.1) is 11.3 Å². The van der Waals surface area contributed by atoms with Gasteiger partial charge in [-0.3, -0.25) is 4.79 Å². The Morgan fingerprint density at radius 3 is 2.84 bits per heavy atom. The van der Waals surface area contributed by atoms with Crippen LogP contribution >= 0.6 is 11.3 Å². The number of benzene rings is 1. The van der Waals surface area contributed by atoms with E-state index < -0.39 is 0 Å². The van der Waals surface area contributed by atoms with Gasteiger partial charge in [-0.1, -0.05) is 0 Å².